The summed E-state index contributed by atoms with van der Waals surface area (Å²) >= 11 is 1.56. The second kappa shape index (κ2) is 8.68. The predicted octanol–water partition coefficient (Wildman–Crippen LogP) is 2.78. The summed E-state index contributed by atoms with van der Waals surface area (Å²) < 4.78 is 5.08. The summed E-state index contributed by atoms with van der Waals surface area (Å²) in [5, 5.41) is 18.0. The minimum Gasteiger partial charge on any atom is -0.482 e. The van der Waals surface area contributed by atoms with Gasteiger partial charge in [-0.25, -0.2) is 4.79 Å². The van der Waals surface area contributed by atoms with E-state index in [9.17, 15) is 14.7 Å². The van der Waals surface area contributed by atoms with Gasteiger partial charge in [0.1, 0.15) is 5.75 Å². The number of thioether (sulfide) groups is 1. The van der Waals surface area contributed by atoms with Crippen molar-refractivity contribution in [3.05, 3.63) is 29.8 Å². The van der Waals surface area contributed by atoms with Gasteiger partial charge in [-0.1, -0.05) is 26.0 Å². The molecular weight excluding hydrogens is 304 g/mol. The zero-order chi connectivity index (χ0) is 16.7. The van der Waals surface area contributed by atoms with E-state index in [1.165, 1.54) is 0 Å². The van der Waals surface area contributed by atoms with Crippen molar-refractivity contribution >= 4 is 23.7 Å². The van der Waals surface area contributed by atoms with Crippen molar-refractivity contribution in [3.63, 3.8) is 0 Å². The Morgan fingerprint density at radius 2 is 1.77 bits per heavy atom. The van der Waals surface area contributed by atoms with Gasteiger partial charge in [0.05, 0.1) is 5.92 Å². The quantitative estimate of drug-likeness (QED) is 0.726. The van der Waals surface area contributed by atoms with E-state index in [1.54, 1.807) is 23.9 Å². The number of hydrogen-bond acceptors (Lipinski definition) is 4. The van der Waals surface area contributed by atoms with Gasteiger partial charge >= 0.3 is 11.9 Å². The van der Waals surface area contributed by atoms with Crippen molar-refractivity contribution in [2.45, 2.75) is 25.5 Å². The largest absolute Gasteiger partial charge is 0.482 e. The number of carbonyl (C=O) groups is 2. The van der Waals surface area contributed by atoms with Crippen molar-refractivity contribution in [2.75, 3.05) is 12.9 Å². The Balaban J connectivity index is 2.74. The topological polar surface area (TPSA) is 83.8 Å². The normalized spacial score (nSPS) is 13.6. The monoisotopic (exact) mass is 326 g/mol. The highest BCUT2D eigenvalue weighted by molar-refractivity contribution is 7.99. The average Bonchev–Trinajstić information content (AvgIpc) is 2.44. The van der Waals surface area contributed by atoms with Gasteiger partial charge in [0.15, 0.2) is 6.61 Å². The molecule has 0 aliphatic heterocycles. The van der Waals surface area contributed by atoms with Crippen LogP contribution in [0, 0.1) is 11.8 Å². The molecule has 22 heavy (non-hydrogen) atoms. The van der Waals surface area contributed by atoms with Gasteiger partial charge in [0.25, 0.3) is 0 Å². The van der Waals surface area contributed by atoms with E-state index < -0.39 is 17.9 Å². The molecule has 1 aromatic rings. The first kappa shape index (κ1) is 18.4. The lowest BCUT2D eigenvalue weighted by Gasteiger charge is -2.25. The predicted molar refractivity (Wildman–Crippen MR) is 86.5 cm³/mol. The lowest BCUT2D eigenvalue weighted by atomic mass is 9.89. The van der Waals surface area contributed by atoms with Gasteiger partial charge < -0.3 is 14.9 Å². The molecule has 2 unspecified atom stereocenters. The Hall–Kier alpha value is -1.69. The highest BCUT2D eigenvalue weighted by Crippen LogP contribution is 2.28. The van der Waals surface area contributed by atoms with Crippen LogP contribution >= 0.6 is 11.8 Å². The van der Waals surface area contributed by atoms with Crippen molar-refractivity contribution in [1.82, 2.24) is 0 Å². The van der Waals surface area contributed by atoms with E-state index in [-0.39, 0.29) is 17.8 Å². The summed E-state index contributed by atoms with van der Waals surface area (Å²) in [6.07, 6.45) is 2.57. The number of rotatable bonds is 9. The van der Waals surface area contributed by atoms with Crippen LogP contribution in [-0.2, 0) is 16.0 Å². The summed E-state index contributed by atoms with van der Waals surface area (Å²) in [6.45, 7) is 3.47. The molecule has 0 aliphatic rings. The van der Waals surface area contributed by atoms with E-state index in [0.717, 1.165) is 5.56 Å². The van der Waals surface area contributed by atoms with Crippen LogP contribution in [0.3, 0.4) is 0 Å². The second-order valence-electron chi connectivity index (χ2n) is 5.41. The van der Waals surface area contributed by atoms with E-state index in [4.69, 9.17) is 9.84 Å². The number of carboxylic acid groups (broad SMARTS) is 2. The molecule has 6 heteroatoms. The molecule has 0 saturated heterocycles. The van der Waals surface area contributed by atoms with Gasteiger partial charge in [-0.2, -0.15) is 11.8 Å². The first-order valence-corrected chi connectivity index (χ1v) is 8.33. The maximum atomic E-state index is 11.4. The zero-order valence-electron chi connectivity index (χ0n) is 13.0. The maximum absolute atomic E-state index is 11.4. The Morgan fingerprint density at radius 3 is 2.18 bits per heavy atom. The molecule has 1 rings (SSSR count). The van der Waals surface area contributed by atoms with Gasteiger partial charge in [0.2, 0.25) is 0 Å². The number of carboxylic acids is 2. The Bertz CT molecular complexity index is 498. The fraction of sp³-hybridized carbons (Fsp3) is 0.500. The maximum Gasteiger partial charge on any atom is 0.341 e. The molecule has 0 radical (unpaired) electrons. The molecule has 0 saturated carbocycles. The minimum atomic E-state index is -1.02. The molecule has 5 nitrogen and oxygen atoms in total. The highest BCUT2D eigenvalue weighted by Gasteiger charge is 2.30. The van der Waals surface area contributed by atoms with Crippen molar-refractivity contribution in [1.29, 1.82) is 0 Å². The van der Waals surface area contributed by atoms with E-state index in [0.29, 0.717) is 12.2 Å². The molecule has 0 spiro atoms. The summed E-state index contributed by atoms with van der Waals surface area (Å²) in [6, 6.07) is 7.11. The molecule has 0 bridgehead atoms. The van der Waals surface area contributed by atoms with E-state index in [1.807, 2.05) is 32.2 Å². The van der Waals surface area contributed by atoms with Crippen LogP contribution in [0.1, 0.15) is 19.4 Å². The minimum absolute atomic E-state index is 0.0108. The zero-order valence-corrected chi connectivity index (χ0v) is 13.8. The molecule has 0 aliphatic carbocycles. The fourth-order valence-corrected chi connectivity index (χ4v) is 3.41. The number of ether oxygens (including phenoxy) is 1. The second-order valence-corrected chi connectivity index (χ2v) is 6.49. The number of benzene rings is 1. The first-order chi connectivity index (χ1) is 10.3. The van der Waals surface area contributed by atoms with Crippen molar-refractivity contribution in [3.8, 4) is 5.75 Å². The van der Waals surface area contributed by atoms with Crippen molar-refractivity contribution < 1.29 is 24.5 Å². The number of aliphatic carboxylic acids is 2. The van der Waals surface area contributed by atoms with Gasteiger partial charge in [-0.05, 0) is 36.3 Å². The van der Waals surface area contributed by atoms with Crippen LogP contribution in [0.25, 0.3) is 0 Å². The smallest absolute Gasteiger partial charge is 0.341 e. The molecule has 0 amide bonds. The van der Waals surface area contributed by atoms with Gasteiger partial charge in [0, 0.05) is 5.25 Å². The highest BCUT2D eigenvalue weighted by atomic mass is 32.2. The lowest BCUT2D eigenvalue weighted by Crippen LogP contribution is -2.31. The molecule has 0 heterocycles. The first-order valence-electron chi connectivity index (χ1n) is 7.04. The third-order valence-electron chi connectivity index (χ3n) is 3.43. The van der Waals surface area contributed by atoms with E-state index >= 15 is 0 Å². The SMILES string of the molecule is CSC(Cc1ccc(OCC(=O)O)cc1)C(C(=O)O)C(C)C. The molecule has 2 N–H and O–H groups in total. The average molecular weight is 326 g/mol. The van der Waals surface area contributed by atoms with Crippen LogP contribution in [0.15, 0.2) is 24.3 Å². The third kappa shape index (κ3) is 5.60. The molecular formula is C16H22O5S. The third-order valence-corrected chi connectivity index (χ3v) is 4.49. The van der Waals surface area contributed by atoms with Crippen LogP contribution < -0.4 is 4.74 Å². The molecule has 0 aromatic heterocycles. The van der Waals surface area contributed by atoms with Crippen LogP contribution in [0.2, 0.25) is 0 Å². The Morgan fingerprint density at radius 1 is 1.18 bits per heavy atom. The lowest BCUT2D eigenvalue weighted by molar-refractivity contribution is -0.143. The summed E-state index contributed by atoms with van der Waals surface area (Å²) in [7, 11) is 0. The van der Waals surface area contributed by atoms with Gasteiger partial charge in [-0.3, -0.25) is 4.79 Å². The molecule has 122 valence electrons. The molecule has 1 aromatic carbocycles. The van der Waals surface area contributed by atoms with Crippen LogP contribution in [0.5, 0.6) is 5.75 Å². The Labute approximate surface area is 134 Å². The summed E-state index contributed by atoms with van der Waals surface area (Å²) in [5.74, 6) is -1.64. The van der Waals surface area contributed by atoms with Crippen molar-refractivity contribution in [2.24, 2.45) is 11.8 Å². The number of hydrogen-bond donors (Lipinski definition) is 2. The summed E-state index contributed by atoms with van der Waals surface area (Å²) in [5.41, 5.74) is 1.01. The molecule has 2 atom stereocenters. The Kier molecular flexibility index (Phi) is 7.24. The van der Waals surface area contributed by atoms with Gasteiger partial charge in [-0.15, -0.1) is 0 Å². The fourth-order valence-electron chi connectivity index (χ4n) is 2.33. The van der Waals surface area contributed by atoms with Crippen LogP contribution in [0.4, 0.5) is 0 Å². The van der Waals surface area contributed by atoms with Crippen LogP contribution in [-0.4, -0.2) is 40.3 Å². The molecule has 0 fully saturated rings. The van der Waals surface area contributed by atoms with E-state index in [2.05, 4.69) is 0 Å². The summed E-state index contributed by atoms with van der Waals surface area (Å²) in [4.78, 5) is 21.9. The standard InChI is InChI=1S/C16H22O5S/c1-10(2)15(16(19)20)13(22-3)8-11-4-6-12(7-5-11)21-9-14(17)18/h4-7,10,13,15H,8-9H2,1-3H3,(H,17,18)(H,19,20).